The molecule has 3 aromatic rings. The largest absolute Gasteiger partial charge is 0.497 e. The van der Waals surface area contributed by atoms with Crippen LogP contribution in [0.4, 0.5) is 0 Å². The molecule has 0 aliphatic carbocycles. The van der Waals surface area contributed by atoms with Gasteiger partial charge in [0.15, 0.2) is 11.5 Å². The average Bonchev–Trinajstić information content (AvgIpc) is 2.84. The second kappa shape index (κ2) is 10.6. The maximum atomic E-state index is 12.4. The third-order valence-corrected chi connectivity index (χ3v) is 4.44. The van der Waals surface area contributed by atoms with Crippen molar-refractivity contribution >= 4 is 18.1 Å². The Hall–Kier alpha value is -4.33. The predicted octanol–water partition coefficient (Wildman–Crippen LogP) is 3.70. The molecular formula is C24H22N2O6. The number of amides is 1. The molecule has 3 aromatic carbocycles. The number of hydrazone groups is 1. The van der Waals surface area contributed by atoms with Gasteiger partial charge in [0.1, 0.15) is 11.5 Å². The second-order valence-electron chi connectivity index (χ2n) is 6.46. The highest BCUT2D eigenvalue weighted by Crippen LogP contribution is 2.28. The molecule has 0 spiro atoms. The standard InChI is InChI=1S/C24H22N2O6/c1-29-19-11-6-17(7-12-19)23(27)26-25-15-16-4-9-20(10-5-16)32-24(28)18-8-13-21(30-2)22(14-18)31-3/h4-15H,1-3H3,(H,26,27)/b25-15-. The summed E-state index contributed by atoms with van der Waals surface area (Å²) in [5, 5.41) is 3.94. The van der Waals surface area contributed by atoms with Gasteiger partial charge in [0, 0.05) is 5.56 Å². The molecule has 0 atom stereocenters. The Kier molecular flexibility index (Phi) is 7.42. The highest BCUT2D eigenvalue weighted by atomic mass is 16.5. The van der Waals surface area contributed by atoms with Crippen LogP contribution in [0.5, 0.6) is 23.0 Å². The van der Waals surface area contributed by atoms with Crippen molar-refractivity contribution in [2.75, 3.05) is 21.3 Å². The molecule has 0 aromatic heterocycles. The van der Waals surface area contributed by atoms with Gasteiger partial charge in [-0.1, -0.05) is 0 Å². The molecule has 0 aliphatic rings. The van der Waals surface area contributed by atoms with Gasteiger partial charge in [0.05, 0.1) is 33.1 Å². The summed E-state index contributed by atoms with van der Waals surface area (Å²) < 4.78 is 20.8. The van der Waals surface area contributed by atoms with Gasteiger partial charge in [-0.15, -0.1) is 0 Å². The number of carbonyl (C=O) groups is 2. The molecule has 32 heavy (non-hydrogen) atoms. The minimum Gasteiger partial charge on any atom is -0.497 e. The number of benzene rings is 3. The van der Waals surface area contributed by atoms with Crippen LogP contribution in [0.15, 0.2) is 71.8 Å². The van der Waals surface area contributed by atoms with Gasteiger partial charge in [0.2, 0.25) is 0 Å². The predicted molar refractivity (Wildman–Crippen MR) is 119 cm³/mol. The molecular weight excluding hydrogens is 412 g/mol. The molecule has 8 nitrogen and oxygen atoms in total. The van der Waals surface area contributed by atoms with E-state index in [1.54, 1.807) is 73.8 Å². The fourth-order valence-electron chi connectivity index (χ4n) is 2.72. The summed E-state index contributed by atoms with van der Waals surface area (Å²) in [6, 6.07) is 18.1. The van der Waals surface area contributed by atoms with Gasteiger partial charge in [0.25, 0.3) is 5.91 Å². The molecule has 1 amide bonds. The summed E-state index contributed by atoms with van der Waals surface area (Å²) in [4.78, 5) is 24.5. The van der Waals surface area contributed by atoms with Crippen LogP contribution in [0.25, 0.3) is 0 Å². The summed E-state index contributed by atoms with van der Waals surface area (Å²) in [6.45, 7) is 0. The normalized spacial score (nSPS) is 10.5. The Morgan fingerprint density at radius 3 is 2.00 bits per heavy atom. The van der Waals surface area contributed by atoms with Crippen LogP contribution in [-0.4, -0.2) is 39.4 Å². The van der Waals surface area contributed by atoms with Crippen molar-refractivity contribution in [1.82, 2.24) is 5.43 Å². The van der Waals surface area contributed by atoms with E-state index in [4.69, 9.17) is 18.9 Å². The van der Waals surface area contributed by atoms with E-state index >= 15 is 0 Å². The first kappa shape index (κ1) is 22.4. The average molecular weight is 434 g/mol. The Morgan fingerprint density at radius 2 is 1.38 bits per heavy atom. The Bertz CT molecular complexity index is 1110. The van der Waals surface area contributed by atoms with E-state index in [1.807, 2.05) is 0 Å². The number of rotatable bonds is 8. The van der Waals surface area contributed by atoms with Crippen LogP contribution in [0.2, 0.25) is 0 Å². The number of hydrogen-bond donors (Lipinski definition) is 1. The third kappa shape index (κ3) is 5.63. The van der Waals surface area contributed by atoms with E-state index in [0.717, 1.165) is 0 Å². The molecule has 8 heteroatoms. The number of esters is 1. The zero-order valence-electron chi connectivity index (χ0n) is 17.8. The van der Waals surface area contributed by atoms with E-state index < -0.39 is 5.97 Å². The summed E-state index contributed by atoms with van der Waals surface area (Å²) in [5.41, 5.74) is 3.96. The minimum atomic E-state index is -0.529. The molecule has 0 heterocycles. The number of methoxy groups -OCH3 is 3. The molecule has 0 bridgehead atoms. The van der Waals surface area contributed by atoms with Gasteiger partial charge in [-0.3, -0.25) is 4.79 Å². The second-order valence-corrected chi connectivity index (χ2v) is 6.46. The van der Waals surface area contributed by atoms with E-state index in [9.17, 15) is 9.59 Å². The Labute approximate surface area is 185 Å². The molecule has 0 aliphatic heterocycles. The molecule has 0 fully saturated rings. The SMILES string of the molecule is COc1ccc(C(=O)N/N=C\c2ccc(OC(=O)c3ccc(OC)c(OC)c3)cc2)cc1. The van der Waals surface area contributed by atoms with Crippen molar-refractivity contribution < 1.29 is 28.5 Å². The number of nitrogens with one attached hydrogen (secondary N) is 1. The zero-order chi connectivity index (χ0) is 22.9. The van der Waals surface area contributed by atoms with Gasteiger partial charge in [-0.05, 0) is 72.3 Å². The third-order valence-electron chi connectivity index (χ3n) is 4.44. The highest BCUT2D eigenvalue weighted by Gasteiger charge is 2.13. The molecule has 0 radical (unpaired) electrons. The number of ether oxygens (including phenoxy) is 4. The zero-order valence-corrected chi connectivity index (χ0v) is 17.8. The van der Waals surface area contributed by atoms with Crippen molar-refractivity contribution in [1.29, 1.82) is 0 Å². The summed E-state index contributed by atoms with van der Waals surface area (Å²) >= 11 is 0. The van der Waals surface area contributed by atoms with Crippen molar-refractivity contribution in [3.63, 3.8) is 0 Å². The first-order valence-electron chi connectivity index (χ1n) is 9.55. The molecule has 164 valence electrons. The van der Waals surface area contributed by atoms with Gasteiger partial charge >= 0.3 is 5.97 Å². The van der Waals surface area contributed by atoms with E-state index in [1.165, 1.54) is 20.4 Å². The Morgan fingerprint density at radius 1 is 0.750 bits per heavy atom. The molecule has 3 rings (SSSR count). The minimum absolute atomic E-state index is 0.328. The number of carbonyl (C=O) groups excluding carboxylic acids is 2. The number of nitrogens with zero attached hydrogens (tertiary/aromatic N) is 1. The molecule has 1 N–H and O–H groups in total. The monoisotopic (exact) mass is 434 g/mol. The lowest BCUT2D eigenvalue weighted by molar-refractivity contribution is 0.0734. The molecule has 0 saturated heterocycles. The van der Waals surface area contributed by atoms with Crippen molar-refractivity contribution in [2.45, 2.75) is 0 Å². The van der Waals surface area contributed by atoms with Crippen molar-refractivity contribution in [3.05, 3.63) is 83.4 Å². The van der Waals surface area contributed by atoms with Crippen LogP contribution in [0, 0.1) is 0 Å². The quantitative estimate of drug-likeness (QED) is 0.251. The van der Waals surface area contributed by atoms with Gasteiger partial charge < -0.3 is 18.9 Å². The maximum absolute atomic E-state index is 12.4. The van der Waals surface area contributed by atoms with Crippen LogP contribution in [-0.2, 0) is 0 Å². The van der Waals surface area contributed by atoms with E-state index in [-0.39, 0.29) is 5.91 Å². The smallest absolute Gasteiger partial charge is 0.343 e. The fraction of sp³-hybridized carbons (Fsp3) is 0.125. The van der Waals surface area contributed by atoms with Gasteiger partial charge in [-0.25, -0.2) is 10.2 Å². The molecule has 0 unspecified atom stereocenters. The van der Waals surface area contributed by atoms with Gasteiger partial charge in [-0.2, -0.15) is 5.10 Å². The fourth-order valence-corrected chi connectivity index (χ4v) is 2.72. The maximum Gasteiger partial charge on any atom is 0.343 e. The van der Waals surface area contributed by atoms with Crippen LogP contribution in [0.1, 0.15) is 26.3 Å². The number of hydrogen-bond acceptors (Lipinski definition) is 7. The first-order valence-corrected chi connectivity index (χ1v) is 9.55. The van der Waals surface area contributed by atoms with Crippen molar-refractivity contribution in [2.24, 2.45) is 5.10 Å². The summed E-state index contributed by atoms with van der Waals surface area (Å²) in [6.07, 6.45) is 1.49. The van der Waals surface area contributed by atoms with E-state index in [0.29, 0.717) is 39.7 Å². The lowest BCUT2D eigenvalue weighted by Gasteiger charge is -2.09. The topological polar surface area (TPSA) is 95.5 Å². The molecule has 0 saturated carbocycles. The van der Waals surface area contributed by atoms with Crippen LogP contribution >= 0.6 is 0 Å². The van der Waals surface area contributed by atoms with Crippen LogP contribution < -0.4 is 24.4 Å². The Balaban J connectivity index is 1.57. The highest BCUT2D eigenvalue weighted by molar-refractivity contribution is 5.95. The van der Waals surface area contributed by atoms with E-state index in [2.05, 4.69) is 10.5 Å². The lowest BCUT2D eigenvalue weighted by Crippen LogP contribution is -2.17. The lowest BCUT2D eigenvalue weighted by atomic mass is 10.2. The first-order chi connectivity index (χ1) is 15.5. The summed E-state index contributed by atoms with van der Waals surface area (Å²) in [5.74, 6) is 1.11. The summed E-state index contributed by atoms with van der Waals surface area (Å²) in [7, 11) is 4.57. The van der Waals surface area contributed by atoms with Crippen LogP contribution in [0.3, 0.4) is 0 Å². The van der Waals surface area contributed by atoms with Crippen molar-refractivity contribution in [3.8, 4) is 23.0 Å².